The number of benzene rings is 1. The highest BCUT2D eigenvalue weighted by Gasteiger charge is 2.32. The number of hydrogen-bond donors (Lipinski definition) is 1. The highest BCUT2D eigenvalue weighted by molar-refractivity contribution is 5.79. The van der Waals surface area contributed by atoms with Gasteiger partial charge in [0.2, 0.25) is 0 Å². The first-order valence-corrected chi connectivity index (χ1v) is 4.30. The zero-order valence-corrected chi connectivity index (χ0v) is 8.01. The monoisotopic (exact) mass is 248 g/mol. The summed E-state index contributed by atoms with van der Waals surface area (Å²) in [6, 6.07) is 1.73. The Balaban J connectivity index is 2.63. The van der Waals surface area contributed by atoms with Crippen LogP contribution in [0.3, 0.4) is 0 Å². The number of nitrogens with zero attached hydrogens (tertiary/aromatic N) is 1. The standard InChI is InChI=1S/C9H4F4N2O2/c10-6-5(17-9(11,12)13)2-1-4-7(6)14-3-15-8(4)16/h1-3H,(H,14,15,16). The average molecular weight is 248 g/mol. The van der Waals surface area contributed by atoms with Crippen molar-refractivity contribution in [3.05, 3.63) is 34.6 Å². The molecule has 0 radical (unpaired) electrons. The summed E-state index contributed by atoms with van der Waals surface area (Å²) in [5, 5.41) is -0.153. The van der Waals surface area contributed by atoms with Crippen LogP contribution in [0.1, 0.15) is 0 Å². The van der Waals surface area contributed by atoms with Crippen LogP contribution < -0.4 is 10.3 Å². The van der Waals surface area contributed by atoms with E-state index in [2.05, 4.69) is 14.7 Å². The third-order valence-electron chi connectivity index (χ3n) is 1.94. The van der Waals surface area contributed by atoms with Gasteiger partial charge in [-0.25, -0.2) is 9.37 Å². The third kappa shape index (κ3) is 2.19. The Morgan fingerprint density at radius 1 is 1.29 bits per heavy atom. The van der Waals surface area contributed by atoms with Crippen molar-refractivity contribution in [2.75, 3.05) is 0 Å². The molecule has 90 valence electrons. The first kappa shape index (κ1) is 11.4. The Morgan fingerprint density at radius 3 is 2.65 bits per heavy atom. The molecular formula is C9H4F4N2O2. The van der Waals surface area contributed by atoms with Gasteiger partial charge in [0.15, 0.2) is 11.6 Å². The minimum Gasteiger partial charge on any atom is -0.403 e. The number of fused-ring (bicyclic) bond motifs is 1. The largest absolute Gasteiger partial charge is 0.573 e. The van der Waals surface area contributed by atoms with E-state index in [1.54, 1.807) is 0 Å². The molecule has 0 fully saturated rings. The lowest BCUT2D eigenvalue weighted by Gasteiger charge is -2.10. The van der Waals surface area contributed by atoms with Crippen LogP contribution in [-0.4, -0.2) is 16.3 Å². The molecule has 0 saturated heterocycles. The smallest absolute Gasteiger partial charge is 0.403 e. The van der Waals surface area contributed by atoms with Crippen molar-refractivity contribution in [1.29, 1.82) is 0 Å². The molecule has 1 N–H and O–H groups in total. The first-order valence-electron chi connectivity index (χ1n) is 4.30. The highest BCUT2D eigenvalue weighted by Crippen LogP contribution is 2.28. The molecule has 1 aromatic heterocycles. The number of nitrogens with one attached hydrogen (secondary N) is 1. The Kier molecular flexibility index (Phi) is 2.49. The normalized spacial score (nSPS) is 11.8. The van der Waals surface area contributed by atoms with Crippen LogP contribution in [0, 0.1) is 5.82 Å². The summed E-state index contributed by atoms with van der Waals surface area (Å²) >= 11 is 0. The van der Waals surface area contributed by atoms with Crippen LogP contribution in [0.4, 0.5) is 17.6 Å². The van der Waals surface area contributed by atoms with Crippen molar-refractivity contribution in [2.24, 2.45) is 0 Å². The number of alkyl halides is 3. The van der Waals surface area contributed by atoms with Gasteiger partial charge in [0.1, 0.15) is 5.52 Å². The Hall–Kier alpha value is -2.12. The fourth-order valence-electron chi connectivity index (χ4n) is 1.29. The fraction of sp³-hybridized carbons (Fsp3) is 0.111. The van der Waals surface area contributed by atoms with E-state index in [0.717, 1.165) is 18.5 Å². The van der Waals surface area contributed by atoms with Crippen LogP contribution in [0.25, 0.3) is 10.9 Å². The maximum atomic E-state index is 13.5. The van der Waals surface area contributed by atoms with Gasteiger partial charge >= 0.3 is 6.36 Å². The number of halogens is 4. The SMILES string of the molecule is O=c1[nH]cnc2c(F)c(OC(F)(F)F)ccc12. The Morgan fingerprint density at radius 2 is 2.00 bits per heavy atom. The van der Waals surface area contributed by atoms with Crippen molar-refractivity contribution < 1.29 is 22.3 Å². The maximum Gasteiger partial charge on any atom is 0.573 e. The molecule has 1 heterocycles. The number of H-pyrrole nitrogens is 1. The summed E-state index contributed by atoms with van der Waals surface area (Å²) in [6.07, 6.45) is -4.11. The highest BCUT2D eigenvalue weighted by atomic mass is 19.4. The molecule has 0 amide bonds. The van der Waals surface area contributed by atoms with Gasteiger partial charge in [-0.05, 0) is 12.1 Å². The molecule has 2 aromatic rings. The lowest BCUT2D eigenvalue weighted by atomic mass is 10.2. The van der Waals surface area contributed by atoms with Gasteiger partial charge < -0.3 is 9.72 Å². The summed E-state index contributed by atoms with van der Waals surface area (Å²) in [7, 11) is 0. The van der Waals surface area contributed by atoms with Crippen molar-refractivity contribution in [3.8, 4) is 5.75 Å². The fourth-order valence-corrected chi connectivity index (χ4v) is 1.29. The molecule has 0 aliphatic heterocycles. The van der Waals surface area contributed by atoms with E-state index in [-0.39, 0.29) is 5.39 Å². The molecule has 8 heteroatoms. The van der Waals surface area contributed by atoms with Gasteiger partial charge in [-0.3, -0.25) is 4.79 Å². The summed E-state index contributed by atoms with van der Waals surface area (Å²) in [5.41, 5.74) is -1.12. The average Bonchev–Trinajstić information content (AvgIpc) is 2.21. The number of hydrogen-bond acceptors (Lipinski definition) is 3. The van der Waals surface area contributed by atoms with E-state index < -0.39 is 29.0 Å². The second-order valence-corrected chi connectivity index (χ2v) is 3.05. The minimum absolute atomic E-state index is 0.153. The van der Waals surface area contributed by atoms with E-state index in [0.29, 0.717) is 0 Å². The molecule has 17 heavy (non-hydrogen) atoms. The predicted molar refractivity (Wildman–Crippen MR) is 49.0 cm³/mol. The van der Waals surface area contributed by atoms with E-state index in [1.807, 2.05) is 0 Å². The van der Waals surface area contributed by atoms with E-state index in [9.17, 15) is 22.4 Å². The summed E-state index contributed by atoms with van der Waals surface area (Å²) in [4.78, 5) is 16.8. The van der Waals surface area contributed by atoms with Crippen LogP contribution in [0.5, 0.6) is 5.75 Å². The molecular weight excluding hydrogens is 244 g/mol. The van der Waals surface area contributed by atoms with Gasteiger partial charge in [-0.15, -0.1) is 13.2 Å². The van der Waals surface area contributed by atoms with Crippen LogP contribution >= 0.6 is 0 Å². The molecule has 0 aliphatic carbocycles. The molecule has 2 rings (SSSR count). The van der Waals surface area contributed by atoms with Crippen LogP contribution in [0.2, 0.25) is 0 Å². The molecule has 0 aliphatic rings. The topological polar surface area (TPSA) is 55.0 Å². The van der Waals surface area contributed by atoms with Crippen LogP contribution in [0.15, 0.2) is 23.3 Å². The Bertz CT molecular complexity index is 620. The van der Waals surface area contributed by atoms with E-state index in [4.69, 9.17) is 0 Å². The maximum absolute atomic E-state index is 13.5. The Labute approximate surface area is 90.9 Å². The number of ether oxygens (including phenoxy) is 1. The van der Waals surface area contributed by atoms with Crippen molar-refractivity contribution >= 4 is 10.9 Å². The zero-order valence-electron chi connectivity index (χ0n) is 8.01. The lowest BCUT2D eigenvalue weighted by molar-refractivity contribution is -0.275. The molecule has 1 aromatic carbocycles. The third-order valence-corrected chi connectivity index (χ3v) is 1.94. The predicted octanol–water partition coefficient (Wildman–Crippen LogP) is 1.96. The van der Waals surface area contributed by atoms with Gasteiger partial charge in [-0.1, -0.05) is 0 Å². The minimum atomic E-state index is -5.00. The number of aromatic amines is 1. The lowest BCUT2D eigenvalue weighted by Crippen LogP contribution is -2.18. The van der Waals surface area contributed by atoms with Gasteiger partial charge in [0, 0.05) is 0 Å². The van der Waals surface area contributed by atoms with Gasteiger partial charge in [0.05, 0.1) is 11.7 Å². The molecule has 0 unspecified atom stereocenters. The van der Waals surface area contributed by atoms with Crippen molar-refractivity contribution in [2.45, 2.75) is 6.36 Å². The zero-order chi connectivity index (χ0) is 12.6. The van der Waals surface area contributed by atoms with Crippen LogP contribution in [-0.2, 0) is 0 Å². The van der Waals surface area contributed by atoms with E-state index >= 15 is 0 Å². The van der Waals surface area contributed by atoms with Crippen molar-refractivity contribution in [3.63, 3.8) is 0 Å². The molecule has 0 atom stereocenters. The molecule has 4 nitrogen and oxygen atoms in total. The number of rotatable bonds is 1. The van der Waals surface area contributed by atoms with E-state index in [1.165, 1.54) is 0 Å². The summed E-state index contributed by atoms with van der Waals surface area (Å²) < 4.78 is 52.8. The van der Waals surface area contributed by atoms with Gasteiger partial charge in [-0.2, -0.15) is 0 Å². The molecule has 0 bridgehead atoms. The molecule has 0 saturated carbocycles. The molecule has 0 spiro atoms. The number of aromatic nitrogens is 2. The first-order chi connectivity index (χ1) is 7.88. The quantitative estimate of drug-likeness (QED) is 0.785. The second kappa shape index (κ2) is 3.72. The van der Waals surface area contributed by atoms with Gasteiger partial charge in [0.25, 0.3) is 5.56 Å². The summed E-state index contributed by atoms with van der Waals surface area (Å²) in [6.45, 7) is 0. The van der Waals surface area contributed by atoms with Crippen molar-refractivity contribution in [1.82, 2.24) is 9.97 Å². The second-order valence-electron chi connectivity index (χ2n) is 3.05. The summed E-state index contributed by atoms with van der Waals surface area (Å²) in [5.74, 6) is -2.35.